The van der Waals surface area contributed by atoms with Crippen LogP contribution in [0, 0.1) is 5.82 Å². The third-order valence-electron chi connectivity index (χ3n) is 13.5. The molecule has 3 saturated heterocycles. The zero-order valence-electron chi connectivity index (χ0n) is 35.8. The number of fused-ring (bicyclic) bond motifs is 2. The van der Waals surface area contributed by atoms with Gasteiger partial charge in [-0.25, -0.2) is 14.4 Å². The smallest absolute Gasteiger partial charge is 0.255 e. The van der Waals surface area contributed by atoms with Crippen molar-refractivity contribution in [3.63, 3.8) is 0 Å². The number of amides is 4. The van der Waals surface area contributed by atoms with Crippen LogP contribution in [0.25, 0.3) is 11.1 Å². The number of Topliss-reactive ketones (excluding diaryl/α,β-unsaturated/α-hetero) is 1. The highest BCUT2D eigenvalue weighted by molar-refractivity contribution is 7.13. The molecule has 5 aromatic rings. The number of ether oxygens (including phenoxy) is 1. The van der Waals surface area contributed by atoms with Crippen LogP contribution in [0.2, 0.25) is 0 Å². The number of hydrogen-bond donors (Lipinski definition) is 3. The number of ketones is 1. The minimum Gasteiger partial charge on any atom is -0.490 e. The zero-order valence-corrected chi connectivity index (χ0v) is 36.7. The number of thiazole rings is 1. The highest BCUT2D eigenvalue weighted by Gasteiger charge is 2.42. The van der Waals surface area contributed by atoms with Crippen LogP contribution in [0.15, 0.2) is 78.6 Å². The van der Waals surface area contributed by atoms with E-state index in [0.29, 0.717) is 67.1 Å². The first-order chi connectivity index (χ1) is 31.6. The number of carbonyl (C=O) groups excluding carboxylic acids is 5. The fraction of sp³-hybridized carbons (Fsp3) is 0.396. The quantitative estimate of drug-likeness (QED) is 0.135. The third kappa shape index (κ3) is 8.99. The fourth-order valence-corrected chi connectivity index (χ4v) is 10.4. The van der Waals surface area contributed by atoms with Crippen molar-refractivity contribution in [3.05, 3.63) is 112 Å². The number of piperidine rings is 3. The molecule has 15 nitrogen and oxygen atoms in total. The summed E-state index contributed by atoms with van der Waals surface area (Å²) in [5.74, 6) is -0.505. The van der Waals surface area contributed by atoms with Gasteiger partial charge in [0, 0.05) is 73.1 Å². The number of carbonyl (C=O) groups is 5. The summed E-state index contributed by atoms with van der Waals surface area (Å²) < 4.78 is 24.3. The summed E-state index contributed by atoms with van der Waals surface area (Å²) >= 11 is 1.28. The molecule has 65 heavy (non-hydrogen) atoms. The Bertz CT molecular complexity index is 2600. The van der Waals surface area contributed by atoms with Crippen LogP contribution in [-0.2, 0) is 38.7 Å². The summed E-state index contributed by atoms with van der Waals surface area (Å²) in [7, 11) is 0. The Kier molecular flexibility index (Phi) is 11.9. The van der Waals surface area contributed by atoms with Gasteiger partial charge in [-0.3, -0.25) is 34.2 Å². The predicted octanol–water partition coefficient (Wildman–Crippen LogP) is 5.55. The van der Waals surface area contributed by atoms with Crippen LogP contribution in [0.1, 0.15) is 83.4 Å². The molecule has 2 atom stereocenters. The van der Waals surface area contributed by atoms with Gasteiger partial charge in [0.2, 0.25) is 11.8 Å². The molecule has 0 radical (unpaired) electrons. The van der Waals surface area contributed by atoms with E-state index in [9.17, 15) is 24.0 Å². The Morgan fingerprint density at radius 3 is 2.45 bits per heavy atom. The molecule has 0 bridgehead atoms. The Hall–Kier alpha value is -6.46. The summed E-state index contributed by atoms with van der Waals surface area (Å²) in [4.78, 5) is 79.3. The highest BCUT2D eigenvalue weighted by atomic mass is 32.1. The number of likely N-dealkylation sites (tertiary alicyclic amines) is 2. The van der Waals surface area contributed by atoms with Crippen molar-refractivity contribution < 1.29 is 33.1 Å². The first-order valence-electron chi connectivity index (χ1n) is 22.4. The second kappa shape index (κ2) is 18.2. The van der Waals surface area contributed by atoms with E-state index in [1.54, 1.807) is 24.0 Å². The van der Waals surface area contributed by atoms with E-state index < -0.39 is 29.7 Å². The largest absolute Gasteiger partial charge is 0.490 e. The molecule has 0 aliphatic carbocycles. The molecular weight excluding hydrogens is 850 g/mol. The lowest BCUT2D eigenvalue weighted by atomic mass is 9.89. The lowest BCUT2D eigenvalue weighted by molar-refractivity contribution is -0.134. The maximum atomic E-state index is 15.9. The van der Waals surface area contributed by atoms with Gasteiger partial charge in [-0.2, -0.15) is 0 Å². The Balaban J connectivity index is 0.702. The summed E-state index contributed by atoms with van der Waals surface area (Å²) in [6.45, 7) is 4.35. The molecule has 17 heteroatoms. The SMILES string of the molecule is O=C1CC(=O)[C@@H](Nc2ccc(C3CCN(CC(=O)N4CCC(Oc5ccc(-c6cc(F)c7c(c6)C(=O)N(C(C(=O)Nc6nccs6)c6ncn8c6CCC8)C7)cc5)CC4)CC3)cc2)CN1. The van der Waals surface area contributed by atoms with Gasteiger partial charge in [0.1, 0.15) is 23.7 Å². The summed E-state index contributed by atoms with van der Waals surface area (Å²) in [6, 6.07) is 17.3. The van der Waals surface area contributed by atoms with Crippen molar-refractivity contribution in [1.82, 2.24) is 34.6 Å². The predicted molar refractivity (Wildman–Crippen MR) is 241 cm³/mol. The molecular formula is C48H50FN9O6S. The molecule has 1 unspecified atom stereocenters. The highest BCUT2D eigenvalue weighted by Crippen LogP contribution is 2.38. The van der Waals surface area contributed by atoms with E-state index in [0.717, 1.165) is 62.3 Å². The molecule has 7 heterocycles. The topological polar surface area (TPSA) is 171 Å². The molecule has 3 fully saturated rings. The van der Waals surface area contributed by atoms with Gasteiger partial charge in [-0.1, -0.05) is 24.3 Å². The minimum atomic E-state index is -1.06. The Labute approximate surface area is 379 Å². The molecule has 10 rings (SSSR count). The van der Waals surface area contributed by atoms with Crippen molar-refractivity contribution in [1.29, 1.82) is 0 Å². The average Bonchev–Trinajstić information content (AvgIpc) is 4.14. The number of nitrogens with one attached hydrogen (secondary N) is 3. The van der Waals surface area contributed by atoms with Crippen LogP contribution < -0.4 is 20.7 Å². The molecule has 336 valence electrons. The van der Waals surface area contributed by atoms with Crippen molar-refractivity contribution in [2.75, 3.05) is 49.9 Å². The number of imidazole rings is 1. The number of nitrogens with zero attached hydrogens (tertiary/aromatic N) is 6. The monoisotopic (exact) mass is 899 g/mol. The van der Waals surface area contributed by atoms with Gasteiger partial charge >= 0.3 is 0 Å². The van der Waals surface area contributed by atoms with Gasteiger partial charge < -0.3 is 29.7 Å². The number of anilines is 2. The summed E-state index contributed by atoms with van der Waals surface area (Å²) in [5, 5.41) is 11.0. The fourth-order valence-electron chi connectivity index (χ4n) is 9.88. The van der Waals surface area contributed by atoms with E-state index in [1.807, 2.05) is 45.9 Å². The van der Waals surface area contributed by atoms with Crippen molar-refractivity contribution in [2.24, 2.45) is 0 Å². The normalized spacial score (nSPS) is 19.8. The zero-order chi connectivity index (χ0) is 44.6. The number of rotatable bonds is 12. The van der Waals surface area contributed by atoms with E-state index in [4.69, 9.17) is 4.74 Å². The molecule has 0 spiro atoms. The van der Waals surface area contributed by atoms with Crippen LogP contribution in [0.3, 0.4) is 0 Å². The first-order valence-corrected chi connectivity index (χ1v) is 23.3. The number of benzene rings is 3. The van der Waals surface area contributed by atoms with Crippen molar-refractivity contribution in [3.8, 4) is 16.9 Å². The summed E-state index contributed by atoms with van der Waals surface area (Å²) in [6.07, 6.45) is 8.15. The van der Waals surface area contributed by atoms with Crippen molar-refractivity contribution in [2.45, 2.75) is 82.1 Å². The maximum Gasteiger partial charge on any atom is 0.255 e. The van der Waals surface area contributed by atoms with Gasteiger partial charge in [-0.05, 0) is 97.8 Å². The minimum absolute atomic E-state index is 0.0513. The molecule has 5 aliphatic rings. The number of aryl methyl sites for hydroxylation is 1. The number of hydrogen-bond acceptors (Lipinski definition) is 11. The van der Waals surface area contributed by atoms with Gasteiger partial charge in [-0.15, -0.1) is 11.3 Å². The van der Waals surface area contributed by atoms with Gasteiger partial charge in [0.05, 0.1) is 31.5 Å². The lowest BCUT2D eigenvalue weighted by Crippen LogP contribution is -2.48. The maximum absolute atomic E-state index is 15.9. The van der Waals surface area contributed by atoms with Gasteiger partial charge in [0.15, 0.2) is 17.0 Å². The van der Waals surface area contributed by atoms with Crippen molar-refractivity contribution >= 4 is 51.6 Å². The van der Waals surface area contributed by atoms with Crippen LogP contribution in [-0.4, -0.2) is 110 Å². The summed E-state index contributed by atoms with van der Waals surface area (Å²) in [5.41, 5.74) is 5.24. The van der Waals surface area contributed by atoms with Crippen LogP contribution in [0.4, 0.5) is 15.2 Å². The standard InChI is InChI=1S/C48H50FN9O6S/c49-38-23-32(22-36-37(38)26-58(47(36)63)45(46(62)54-48-50-15-21-65-48)44-40-2-1-16-57(40)28-52-44)30-5-9-34(10-6-30)64-35-13-19-56(20-14-35)43(61)27-55-17-11-31(12-18-55)29-3-7-33(8-4-29)53-39-25-51-42(60)24-41(39)59/h3-10,15,21-23,28,31,35,39,45,53H,1-2,11-14,16-20,24-27H2,(H,51,60)(H,50,54,62)/t39-,45?/m0/s1. The first kappa shape index (κ1) is 42.5. The molecule has 4 amide bonds. The molecule has 5 aliphatic heterocycles. The average molecular weight is 900 g/mol. The van der Waals surface area contributed by atoms with E-state index in [-0.39, 0.29) is 47.8 Å². The number of aromatic nitrogens is 3. The molecule has 0 saturated carbocycles. The second-order valence-corrected chi connectivity index (χ2v) is 18.5. The molecule has 2 aromatic heterocycles. The van der Waals surface area contributed by atoms with Crippen LogP contribution >= 0.6 is 11.3 Å². The molecule has 3 N–H and O–H groups in total. The lowest BCUT2D eigenvalue weighted by Gasteiger charge is -2.36. The van der Waals surface area contributed by atoms with E-state index in [1.165, 1.54) is 27.9 Å². The molecule has 3 aromatic carbocycles. The van der Waals surface area contributed by atoms with Crippen LogP contribution in [0.5, 0.6) is 5.75 Å². The van der Waals surface area contributed by atoms with E-state index in [2.05, 4.69) is 43.0 Å². The van der Waals surface area contributed by atoms with E-state index >= 15 is 4.39 Å². The Morgan fingerprint density at radius 2 is 1.71 bits per heavy atom. The van der Waals surface area contributed by atoms with Gasteiger partial charge in [0.25, 0.3) is 11.8 Å². The number of halogens is 1. The second-order valence-electron chi connectivity index (χ2n) is 17.6. The Morgan fingerprint density at radius 1 is 0.923 bits per heavy atom. The third-order valence-corrected chi connectivity index (χ3v) is 14.2.